The molecule has 0 saturated carbocycles. The third kappa shape index (κ3) is 13.8. The van der Waals surface area contributed by atoms with Gasteiger partial charge >= 0.3 is 5.97 Å². The SMILES string of the molecule is CC(C)(C)CC(C)(C)c1ccc(N(c2ccc(C(C)(C)CC(C)(C)C)cc2)c2cc3c(N(c4ccc(C(C)(C)CC(C)(C)C)cc4)c4ccc(C(C)(C)CC(C)(C)C)cc4)ccc4c5ccc(C(=O)NCC(=O)O)c6c(C(N)=O)ccc(c(c2)c34)c65)cc1. The summed E-state index contributed by atoms with van der Waals surface area (Å²) in [5.41, 5.74) is 17.7. The maximum Gasteiger partial charge on any atom is 0.322 e. The van der Waals surface area contributed by atoms with E-state index in [-0.39, 0.29) is 54.4 Å². The summed E-state index contributed by atoms with van der Waals surface area (Å²) in [5.74, 6) is -2.48. The molecule has 4 N–H and O–H groups in total. The maximum atomic E-state index is 14.2. The van der Waals surface area contributed by atoms with E-state index >= 15 is 0 Å². The van der Waals surface area contributed by atoms with E-state index in [1.54, 1.807) is 12.1 Å². The quantitative estimate of drug-likeness (QED) is 0.0582. The molecule has 462 valence electrons. The highest BCUT2D eigenvalue weighted by molar-refractivity contribution is 6.37. The second-order valence-electron chi connectivity index (χ2n) is 32.9. The predicted octanol–water partition coefficient (Wildman–Crippen LogP) is 21.4. The zero-order valence-corrected chi connectivity index (χ0v) is 56.5. The van der Waals surface area contributed by atoms with Gasteiger partial charge in [-0.15, -0.1) is 0 Å². The molecule has 88 heavy (non-hydrogen) atoms. The van der Waals surface area contributed by atoms with Gasteiger partial charge in [0.2, 0.25) is 5.91 Å². The zero-order chi connectivity index (χ0) is 64.6. The summed E-state index contributed by atoms with van der Waals surface area (Å²) in [6, 6.07) is 52.9. The van der Waals surface area contributed by atoms with Crippen LogP contribution in [0.3, 0.4) is 0 Å². The van der Waals surface area contributed by atoms with Crippen LogP contribution in [0.5, 0.6) is 0 Å². The van der Waals surface area contributed by atoms with Crippen LogP contribution in [0.25, 0.3) is 43.1 Å². The fourth-order valence-corrected chi connectivity index (χ4v) is 15.6. The first-order valence-corrected chi connectivity index (χ1v) is 31.7. The lowest BCUT2D eigenvalue weighted by Gasteiger charge is -2.35. The van der Waals surface area contributed by atoms with Crippen molar-refractivity contribution in [1.29, 1.82) is 0 Å². The van der Waals surface area contributed by atoms with Crippen molar-refractivity contribution in [2.75, 3.05) is 16.3 Å². The van der Waals surface area contributed by atoms with E-state index in [9.17, 15) is 19.5 Å². The number of carbonyl (C=O) groups excluding carboxylic acids is 2. The van der Waals surface area contributed by atoms with Gasteiger partial charge in [0.05, 0.1) is 5.69 Å². The molecule has 0 spiro atoms. The number of rotatable bonds is 18. The number of carboxylic acid groups (broad SMARTS) is 1. The fraction of sp³-hybridized carbons (Fsp3) is 0.412. The first kappa shape index (κ1) is 64.8. The molecule has 8 nitrogen and oxygen atoms in total. The number of hydrogen-bond acceptors (Lipinski definition) is 5. The van der Waals surface area contributed by atoms with Gasteiger partial charge in [0.1, 0.15) is 6.54 Å². The normalized spacial score (nSPS) is 13.2. The first-order valence-electron chi connectivity index (χ1n) is 31.7. The molecule has 0 bridgehead atoms. The zero-order valence-electron chi connectivity index (χ0n) is 56.5. The Morgan fingerprint density at radius 1 is 0.364 bits per heavy atom. The molecule has 0 heterocycles. The Hall–Kier alpha value is -7.71. The summed E-state index contributed by atoms with van der Waals surface area (Å²) < 4.78 is 0. The second kappa shape index (κ2) is 23.0. The Morgan fingerprint density at radius 3 is 1.03 bits per heavy atom. The van der Waals surface area contributed by atoms with Crippen molar-refractivity contribution >= 4 is 95.0 Å². The molecule has 8 heteroatoms. The molecule has 0 aliphatic rings. The Bertz CT molecular complexity index is 3920. The number of aliphatic carboxylic acids is 1. The summed E-state index contributed by atoms with van der Waals surface area (Å²) in [5, 5.41) is 18.8. The van der Waals surface area contributed by atoms with Crippen molar-refractivity contribution in [2.24, 2.45) is 27.4 Å². The molecule has 0 aliphatic carbocycles. The Balaban J connectivity index is 1.41. The summed E-state index contributed by atoms with van der Waals surface area (Å²) in [6.07, 6.45) is 4.04. The van der Waals surface area contributed by atoms with Crippen LogP contribution in [0.1, 0.15) is 207 Å². The van der Waals surface area contributed by atoms with E-state index in [2.05, 4.69) is 275 Å². The van der Waals surface area contributed by atoms with E-state index in [4.69, 9.17) is 5.73 Å². The minimum absolute atomic E-state index is 0.0822. The number of primary amides is 1. The summed E-state index contributed by atoms with van der Waals surface area (Å²) in [4.78, 5) is 44.5. The summed E-state index contributed by atoms with van der Waals surface area (Å²) in [6.45, 7) is 45.9. The van der Waals surface area contributed by atoms with Crippen LogP contribution in [0, 0.1) is 21.7 Å². The van der Waals surface area contributed by atoms with Crippen molar-refractivity contribution in [3.63, 3.8) is 0 Å². The van der Waals surface area contributed by atoms with Crippen LogP contribution in [-0.4, -0.2) is 29.4 Å². The Morgan fingerprint density at radius 2 is 0.682 bits per heavy atom. The largest absolute Gasteiger partial charge is 0.480 e. The van der Waals surface area contributed by atoms with Crippen LogP contribution in [0.15, 0.2) is 146 Å². The lowest BCUT2D eigenvalue weighted by molar-refractivity contribution is -0.135. The highest BCUT2D eigenvalue weighted by Gasteiger charge is 2.33. The second-order valence-corrected chi connectivity index (χ2v) is 32.9. The lowest BCUT2D eigenvalue weighted by Crippen LogP contribution is -2.29. The fourth-order valence-electron chi connectivity index (χ4n) is 15.6. The van der Waals surface area contributed by atoms with Gasteiger partial charge in [-0.2, -0.15) is 0 Å². The van der Waals surface area contributed by atoms with E-state index in [0.29, 0.717) is 10.8 Å². The van der Waals surface area contributed by atoms with E-state index in [0.717, 1.165) is 92.1 Å². The summed E-state index contributed by atoms with van der Waals surface area (Å²) in [7, 11) is 0. The van der Waals surface area contributed by atoms with Gasteiger partial charge in [-0.1, -0.05) is 205 Å². The smallest absolute Gasteiger partial charge is 0.322 e. The molecule has 0 aromatic heterocycles. The molecule has 9 rings (SSSR count). The number of carbonyl (C=O) groups is 3. The number of nitrogens with one attached hydrogen (secondary N) is 1. The molecule has 0 radical (unpaired) electrons. The van der Waals surface area contributed by atoms with Crippen LogP contribution >= 0.6 is 0 Å². The van der Waals surface area contributed by atoms with Gasteiger partial charge in [-0.25, -0.2) is 0 Å². The number of nitrogens with two attached hydrogens (primary N) is 1. The molecule has 0 aliphatic heterocycles. The molecule has 0 fully saturated rings. The standard InChI is InChI=1S/C80H98N4O4/c1-73(2,3)46-77(13,14)50-21-29-54(30-22-50)83(55-31-23-51(24-32-55)78(15,16)47-74(4,5)6)58-43-64-61-37-39-62(71(81)87)70-63(72(88)82-45-67(85)86)40-38-60(69(61)70)59-41-42-66(65(44-58)68(59)64)84(56-33-25-52(26-34-56)79(17,18)48-75(7,8)9)57-35-27-53(28-36-57)80(19,20)49-76(10,11)12/h21-44H,45-49H2,1-20H3,(H2,81,87)(H,82,88)(H,85,86). The average Bonchev–Trinajstić information content (AvgIpc) is 0.705. The third-order valence-electron chi connectivity index (χ3n) is 17.7. The van der Waals surface area contributed by atoms with Crippen molar-refractivity contribution in [3.8, 4) is 0 Å². The Kier molecular flexibility index (Phi) is 16.9. The molecule has 9 aromatic rings. The number of fused-ring (bicyclic) bond motifs is 2. The maximum absolute atomic E-state index is 14.2. The van der Waals surface area contributed by atoms with Gasteiger partial charge in [-0.3, -0.25) is 14.4 Å². The molecule has 2 amide bonds. The number of benzene rings is 9. The van der Waals surface area contributed by atoms with Gasteiger partial charge in [0, 0.05) is 50.3 Å². The number of amides is 2. The summed E-state index contributed by atoms with van der Waals surface area (Å²) >= 11 is 0. The third-order valence-corrected chi connectivity index (χ3v) is 17.7. The molecule has 0 unspecified atom stereocenters. The number of carboxylic acids is 1. The van der Waals surface area contributed by atoms with Crippen LogP contribution in [0.2, 0.25) is 0 Å². The number of anilines is 6. The van der Waals surface area contributed by atoms with Crippen molar-refractivity contribution in [3.05, 3.63) is 179 Å². The van der Waals surface area contributed by atoms with Gasteiger partial charge in [-0.05, 0) is 202 Å². The topological polar surface area (TPSA) is 116 Å². The predicted molar refractivity (Wildman–Crippen MR) is 374 cm³/mol. The van der Waals surface area contributed by atoms with Gasteiger partial charge in [0.25, 0.3) is 5.91 Å². The van der Waals surface area contributed by atoms with Crippen molar-refractivity contribution < 1.29 is 19.5 Å². The molecular weight excluding hydrogens is 1080 g/mol. The lowest BCUT2D eigenvalue weighted by atomic mass is 9.72. The van der Waals surface area contributed by atoms with E-state index in [1.807, 2.05) is 12.1 Å². The van der Waals surface area contributed by atoms with Crippen LogP contribution in [0.4, 0.5) is 34.1 Å². The van der Waals surface area contributed by atoms with Crippen molar-refractivity contribution in [2.45, 2.75) is 186 Å². The van der Waals surface area contributed by atoms with Gasteiger partial charge in [0.15, 0.2) is 0 Å². The van der Waals surface area contributed by atoms with Crippen molar-refractivity contribution in [1.82, 2.24) is 5.32 Å². The first-order chi connectivity index (χ1) is 40.6. The monoisotopic (exact) mass is 1180 g/mol. The number of hydrogen-bond donors (Lipinski definition) is 3. The highest BCUT2D eigenvalue weighted by atomic mass is 16.4. The average molecular weight is 1180 g/mol. The molecule has 0 atom stereocenters. The molecule has 0 saturated heterocycles. The molecular formula is C80H98N4O4. The highest BCUT2D eigenvalue weighted by Crippen LogP contribution is 2.52. The van der Waals surface area contributed by atoms with E-state index < -0.39 is 24.3 Å². The minimum atomic E-state index is -1.18. The van der Waals surface area contributed by atoms with Crippen LogP contribution in [-0.2, 0) is 26.5 Å². The van der Waals surface area contributed by atoms with E-state index in [1.165, 1.54) is 22.3 Å². The number of nitrogens with zero attached hydrogens (tertiary/aromatic N) is 2. The molecule has 9 aromatic carbocycles. The Labute approximate surface area is 525 Å². The van der Waals surface area contributed by atoms with Crippen LogP contribution < -0.4 is 20.9 Å². The minimum Gasteiger partial charge on any atom is -0.480 e. The van der Waals surface area contributed by atoms with Gasteiger partial charge < -0.3 is 26.0 Å².